The third-order valence-electron chi connectivity index (χ3n) is 4.47. The van der Waals surface area contributed by atoms with E-state index in [2.05, 4.69) is 5.32 Å². The van der Waals surface area contributed by atoms with Gasteiger partial charge < -0.3 is 19.2 Å². The molecule has 0 spiro atoms. The fraction of sp³-hybridized carbons (Fsp3) is 0.286. The van der Waals surface area contributed by atoms with Crippen molar-refractivity contribution in [1.29, 1.82) is 0 Å². The molecule has 0 saturated heterocycles. The van der Waals surface area contributed by atoms with Crippen LogP contribution in [0.5, 0.6) is 11.5 Å². The highest BCUT2D eigenvalue weighted by molar-refractivity contribution is 5.96. The van der Waals surface area contributed by atoms with E-state index in [1.807, 2.05) is 50.2 Å². The lowest BCUT2D eigenvalue weighted by Gasteiger charge is -2.13. The number of furan rings is 1. The number of fused-ring (bicyclic) bond motifs is 2. The van der Waals surface area contributed by atoms with E-state index < -0.39 is 0 Å². The number of benzene rings is 2. The lowest BCUT2D eigenvalue weighted by atomic mass is 10.1. The van der Waals surface area contributed by atoms with Gasteiger partial charge in [-0.15, -0.1) is 0 Å². The van der Waals surface area contributed by atoms with E-state index in [1.165, 1.54) is 0 Å². The summed E-state index contributed by atoms with van der Waals surface area (Å²) in [5, 5.41) is 3.82. The fourth-order valence-corrected chi connectivity index (χ4v) is 3.27. The smallest absolute Gasteiger partial charge is 0.287 e. The van der Waals surface area contributed by atoms with E-state index in [0.717, 1.165) is 34.4 Å². The van der Waals surface area contributed by atoms with Crippen LogP contribution in [0, 0.1) is 0 Å². The van der Waals surface area contributed by atoms with E-state index in [0.29, 0.717) is 24.5 Å². The van der Waals surface area contributed by atoms with Crippen molar-refractivity contribution in [2.75, 3.05) is 6.61 Å². The summed E-state index contributed by atoms with van der Waals surface area (Å²) < 4.78 is 17.2. The second kappa shape index (κ2) is 6.75. The van der Waals surface area contributed by atoms with Crippen LogP contribution in [0.2, 0.25) is 0 Å². The predicted octanol–water partition coefficient (Wildman–Crippen LogP) is 4.08. The van der Waals surface area contributed by atoms with Gasteiger partial charge in [-0.2, -0.15) is 0 Å². The number of nitrogens with one attached hydrogen (secondary N) is 1. The van der Waals surface area contributed by atoms with Gasteiger partial charge in [0.05, 0.1) is 6.61 Å². The van der Waals surface area contributed by atoms with Crippen LogP contribution in [0.25, 0.3) is 11.0 Å². The predicted molar refractivity (Wildman–Crippen MR) is 98.8 cm³/mol. The first kappa shape index (κ1) is 16.5. The van der Waals surface area contributed by atoms with E-state index in [-0.39, 0.29) is 12.0 Å². The fourth-order valence-electron chi connectivity index (χ4n) is 3.27. The molecule has 1 N–H and O–H groups in total. The maximum Gasteiger partial charge on any atom is 0.287 e. The van der Waals surface area contributed by atoms with Crippen LogP contribution >= 0.6 is 0 Å². The average Bonchev–Trinajstić information content (AvgIpc) is 3.21. The molecule has 0 unspecified atom stereocenters. The summed E-state index contributed by atoms with van der Waals surface area (Å²) in [6.45, 7) is 4.91. The van der Waals surface area contributed by atoms with Gasteiger partial charge in [0.15, 0.2) is 5.76 Å². The molecule has 1 atom stereocenters. The molecule has 4 rings (SSSR count). The highest BCUT2D eigenvalue weighted by atomic mass is 16.5. The van der Waals surface area contributed by atoms with Crippen LogP contribution in [-0.4, -0.2) is 18.6 Å². The van der Waals surface area contributed by atoms with E-state index >= 15 is 0 Å². The Morgan fingerprint density at radius 1 is 1.27 bits per heavy atom. The molecule has 1 aromatic heterocycles. The van der Waals surface area contributed by atoms with Crippen LogP contribution in [0.15, 0.2) is 46.9 Å². The molecule has 2 heterocycles. The van der Waals surface area contributed by atoms with Crippen molar-refractivity contribution in [3.63, 3.8) is 0 Å². The molecular weight excluding hydrogens is 330 g/mol. The van der Waals surface area contributed by atoms with Crippen molar-refractivity contribution in [1.82, 2.24) is 5.32 Å². The van der Waals surface area contributed by atoms with Gasteiger partial charge in [0.1, 0.15) is 23.2 Å². The quantitative estimate of drug-likeness (QED) is 0.752. The van der Waals surface area contributed by atoms with Crippen LogP contribution in [0.3, 0.4) is 0 Å². The maximum absolute atomic E-state index is 12.5. The first-order valence-electron chi connectivity index (χ1n) is 8.86. The monoisotopic (exact) mass is 351 g/mol. The van der Waals surface area contributed by atoms with Crippen LogP contribution in [-0.2, 0) is 13.0 Å². The largest absolute Gasteiger partial charge is 0.494 e. The Hall–Kier alpha value is -2.95. The molecule has 5 nitrogen and oxygen atoms in total. The molecule has 0 bridgehead atoms. The molecule has 0 aliphatic carbocycles. The molecule has 0 saturated carbocycles. The molecule has 2 aromatic carbocycles. The van der Waals surface area contributed by atoms with E-state index in [4.69, 9.17) is 13.9 Å². The Kier molecular flexibility index (Phi) is 4.29. The Bertz CT molecular complexity index is 927. The van der Waals surface area contributed by atoms with Crippen molar-refractivity contribution >= 4 is 16.9 Å². The van der Waals surface area contributed by atoms with Gasteiger partial charge in [-0.1, -0.05) is 18.2 Å². The lowest BCUT2D eigenvalue weighted by Crippen LogP contribution is -2.22. The number of para-hydroxylation sites is 1. The van der Waals surface area contributed by atoms with Crippen molar-refractivity contribution in [3.8, 4) is 11.5 Å². The molecular formula is C21H21NO4. The molecule has 1 aliphatic rings. The minimum Gasteiger partial charge on any atom is -0.494 e. The normalized spacial score (nSPS) is 15.5. The van der Waals surface area contributed by atoms with Gasteiger partial charge in [-0.3, -0.25) is 4.79 Å². The minimum atomic E-state index is -0.251. The number of hydrogen-bond acceptors (Lipinski definition) is 4. The summed E-state index contributed by atoms with van der Waals surface area (Å²) in [7, 11) is 0. The molecule has 3 aromatic rings. The van der Waals surface area contributed by atoms with Crippen LogP contribution < -0.4 is 14.8 Å². The van der Waals surface area contributed by atoms with Gasteiger partial charge in [-0.05, 0) is 38.1 Å². The highest BCUT2D eigenvalue weighted by Gasteiger charge is 2.22. The summed E-state index contributed by atoms with van der Waals surface area (Å²) in [5.74, 6) is 1.71. The molecule has 1 amide bonds. The second-order valence-electron chi connectivity index (χ2n) is 6.46. The van der Waals surface area contributed by atoms with Gasteiger partial charge in [0.2, 0.25) is 0 Å². The Balaban J connectivity index is 1.53. The highest BCUT2D eigenvalue weighted by Crippen LogP contribution is 2.35. The zero-order valence-electron chi connectivity index (χ0n) is 14.9. The molecule has 1 aliphatic heterocycles. The summed E-state index contributed by atoms with van der Waals surface area (Å²) in [6.07, 6.45) is 1.04. The van der Waals surface area contributed by atoms with Crippen molar-refractivity contribution in [2.45, 2.75) is 32.9 Å². The third-order valence-corrected chi connectivity index (χ3v) is 4.47. The lowest BCUT2D eigenvalue weighted by molar-refractivity contribution is 0.0925. The van der Waals surface area contributed by atoms with Crippen molar-refractivity contribution < 1.29 is 18.7 Å². The van der Waals surface area contributed by atoms with Crippen molar-refractivity contribution in [2.24, 2.45) is 0 Å². The van der Waals surface area contributed by atoms with Gasteiger partial charge in [-0.25, -0.2) is 0 Å². The molecule has 0 radical (unpaired) electrons. The third kappa shape index (κ3) is 3.12. The summed E-state index contributed by atoms with van der Waals surface area (Å²) >= 11 is 0. The number of amides is 1. The molecule has 0 fully saturated rings. The Morgan fingerprint density at radius 3 is 2.92 bits per heavy atom. The molecule has 134 valence electrons. The molecule has 26 heavy (non-hydrogen) atoms. The van der Waals surface area contributed by atoms with Gasteiger partial charge >= 0.3 is 0 Å². The zero-order chi connectivity index (χ0) is 18.1. The summed E-state index contributed by atoms with van der Waals surface area (Å²) in [5.41, 5.74) is 2.74. The number of ether oxygens (including phenoxy) is 2. The van der Waals surface area contributed by atoms with Crippen LogP contribution in [0.1, 0.15) is 35.5 Å². The van der Waals surface area contributed by atoms with Gasteiger partial charge in [0, 0.05) is 29.5 Å². The topological polar surface area (TPSA) is 60.7 Å². The SMILES string of the molecule is CCOc1cc2c(cc1CNC(=O)c1cc3ccccc3o1)O[C@@H](C)C2. The maximum atomic E-state index is 12.5. The summed E-state index contributed by atoms with van der Waals surface area (Å²) in [4.78, 5) is 12.5. The number of carbonyl (C=O) groups is 1. The van der Waals surface area contributed by atoms with Crippen LogP contribution in [0.4, 0.5) is 0 Å². The summed E-state index contributed by atoms with van der Waals surface area (Å²) in [6, 6.07) is 13.3. The number of hydrogen-bond donors (Lipinski definition) is 1. The Labute approximate surface area is 151 Å². The van der Waals surface area contributed by atoms with E-state index in [1.54, 1.807) is 6.07 Å². The Morgan fingerprint density at radius 2 is 2.12 bits per heavy atom. The number of carbonyl (C=O) groups excluding carboxylic acids is 1. The standard InChI is InChI=1S/C21H21NO4/c1-3-24-18-10-15-8-13(2)25-19(15)11-16(18)12-22-21(23)20-9-14-6-4-5-7-17(14)26-20/h4-7,9-11,13H,3,8,12H2,1-2H3,(H,22,23)/t13-/m0/s1. The first-order chi connectivity index (χ1) is 12.6. The van der Waals surface area contributed by atoms with Gasteiger partial charge in [0.25, 0.3) is 5.91 Å². The minimum absolute atomic E-state index is 0.167. The first-order valence-corrected chi connectivity index (χ1v) is 8.86. The second-order valence-corrected chi connectivity index (χ2v) is 6.46. The van der Waals surface area contributed by atoms with Crippen molar-refractivity contribution in [3.05, 3.63) is 59.4 Å². The van der Waals surface area contributed by atoms with E-state index in [9.17, 15) is 4.79 Å². The number of rotatable bonds is 5. The average molecular weight is 351 g/mol. The zero-order valence-corrected chi connectivity index (χ0v) is 14.9. The molecule has 5 heteroatoms.